The van der Waals surface area contributed by atoms with Gasteiger partial charge < -0.3 is 0 Å². The fourth-order valence-electron chi connectivity index (χ4n) is 3.57. The first-order chi connectivity index (χ1) is 10.5. The molecule has 0 saturated heterocycles. The average molecular weight is 304 g/mol. The molecule has 3 heteroatoms. The van der Waals surface area contributed by atoms with Crippen molar-refractivity contribution in [2.75, 3.05) is 0 Å². The summed E-state index contributed by atoms with van der Waals surface area (Å²) in [6.07, 6.45) is -2.61. The molecule has 3 rings (SSSR count). The number of alkyl halides is 3. The second-order valence-corrected chi connectivity index (χ2v) is 5.94. The minimum Gasteiger partial charge on any atom is -0.171 e. The minimum absolute atomic E-state index is 0.188. The highest BCUT2D eigenvalue weighted by atomic mass is 19.4. The zero-order chi connectivity index (χ0) is 15.7. The van der Waals surface area contributed by atoms with E-state index in [0.29, 0.717) is 6.42 Å². The third-order valence-corrected chi connectivity index (χ3v) is 4.57. The molecule has 1 unspecified atom stereocenters. The molecule has 1 aliphatic carbocycles. The summed E-state index contributed by atoms with van der Waals surface area (Å²) in [4.78, 5) is 0. The molecule has 0 aromatic heterocycles. The van der Waals surface area contributed by atoms with Crippen molar-refractivity contribution in [3.05, 3.63) is 59.7 Å². The average Bonchev–Trinajstić information content (AvgIpc) is 2.82. The van der Waals surface area contributed by atoms with Gasteiger partial charge in [-0.15, -0.1) is 0 Å². The summed E-state index contributed by atoms with van der Waals surface area (Å²) >= 11 is 0. The van der Waals surface area contributed by atoms with E-state index in [9.17, 15) is 13.2 Å². The highest BCUT2D eigenvalue weighted by molar-refractivity contribution is 5.78. The van der Waals surface area contributed by atoms with Gasteiger partial charge in [-0.05, 0) is 28.7 Å². The topological polar surface area (TPSA) is 0 Å². The van der Waals surface area contributed by atoms with Crippen LogP contribution in [0.25, 0.3) is 11.1 Å². The Labute approximate surface area is 129 Å². The van der Waals surface area contributed by atoms with Crippen LogP contribution in [0.3, 0.4) is 0 Å². The van der Waals surface area contributed by atoms with Gasteiger partial charge in [-0.25, -0.2) is 0 Å². The van der Waals surface area contributed by atoms with E-state index in [0.717, 1.165) is 28.7 Å². The van der Waals surface area contributed by atoms with Gasteiger partial charge in [-0.2, -0.15) is 13.2 Å². The van der Waals surface area contributed by atoms with Crippen molar-refractivity contribution in [1.29, 1.82) is 0 Å². The predicted octanol–water partition coefficient (Wildman–Crippen LogP) is 6.17. The SMILES string of the molecule is CCCCC(C1c2ccccc2-c2ccccc21)C(F)(F)F. The predicted molar refractivity (Wildman–Crippen MR) is 82.8 cm³/mol. The van der Waals surface area contributed by atoms with Crippen molar-refractivity contribution in [1.82, 2.24) is 0 Å². The maximum atomic E-state index is 13.7. The van der Waals surface area contributed by atoms with Gasteiger partial charge in [0.15, 0.2) is 0 Å². The highest BCUT2D eigenvalue weighted by Gasteiger charge is 2.47. The summed E-state index contributed by atoms with van der Waals surface area (Å²) in [5.74, 6) is -1.88. The van der Waals surface area contributed by atoms with Crippen LogP contribution in [0.2, 0.25) is 0 Å². The summed E-state index contributed by atoms with van der Waals surface area (Å²) in [6, 6.07) is 15.0. The molecule has 116 valence electrons. The molecule has 0 fully saturated rings. The lowest BCUT2D eigenvalue weighted by Crippen LogP contribution is -2.29. The van der Waals surface area contributed by atoms with Crippen molar-refractivity contribution in [2.24, 2.45) is 5.92 Å². The van der Waals surface area contributed by atoms with Crippen LogP contribution in [-0.4, -0.2) is 6.18 Å². The fourth-order valence-corrected chi connectivity index (χ4v) is 3.57. The number of fused-ring (bicyclic) bond motifs is 3. The minimum atomic E-state index is -4.18. The van der Waals surface area contributed by atoms with E-state index in [2.05, 4.69) is 0 Å². The molecular weight excluding hydrogens is 285 g/mol. The molecule has 2 aromatic rings. The normalized spacial score (nSPS) is 15.5. The van der Waals surface area contributed by atoms with Crippen LogP contribution >= 0.6 is 0 Å². The second-order valence-electron chi connectivity index (χ2n) is 5.94. The Kier molecular flexibility index (Phi) is 3.98. The number of hydrogen-bond donors (Lipinski definition) is 0. The largest absolute Gasteiger partial charge is 0.392 e. The standard InChI is InChI=1S/C19H19F3/c1-2-3-12-17(19(20,21)22)18-15-10-6-4-8-13(15)14-9-5-7-11-16(14)18/h4-11,17-18H,2-3,12H2,1H3. The third kappa shape index (κ3) is 2.53. The molecule has 0 amide bonds. The van der Waals surface area contributed by atoms with Gasteiger partial charge in [0.2, 0.25) is 0 Å². The monoisotopic (exact) mass is 304 g/mol. The molecule has 1 atom stereocenters. The Bertz CT molecular complexity index is 612. The third-order valence-electron chi connectivity index (χ3n) is 4.57. The molecule has 0 radical (unpaired) electrons. The van der Waals surface area contributed by atoms with Crippen LogP contribution in [0.5, 0.6) is 0 Å². The highest BCUT2D eigenvalue weighted by Crippen LogP contribution is 2.53. The summed E-state index contributed by atoms with van der Waals surface area (Å²) in [7, 11) is 0. The summed E-state index contributed by atoms with van der Waals surface area (Å²) in [5.41, 5.74) is 3.55. The summed E-state index contributed by atoms with van der Waals surface area (Å²) < 4.78 is 41.0. The van der Waals surface area contributed by atoms with Gasteiger partial charge in [-0.1, -0.05) is 68.3 Å². The molecule has 0 aliphatic heterocycles. The summed E-state index contributed by atoms with van der Waals surface area (Å²) in [6.45, 7) is 1.93. The maximum absolute atomic E-state index is 13.7. The first-order valence-electron chi connectivity index (χ1n) is 7.79. The van der Waals surface area contributed by atoms with Crippen molar-refractivity contribution in [3.8, 4) is 11.1 Å². The Balaban J connectivity index is 2.12. The lowest BCUT2D eigenvalue weighted by molar-refractivity contribution is -0.180. The zero-order valence-electron chi connectivity index (χ0n) is 12.5. The smallest absolute Gasteiger partial charge is 0.171 e. The van der Waals surface area contributed by atoms with Crippen LogP contribution in [0.15, 0.2) is 48.5 Å². The number of hydrogen-bond acceptors (Lipinski definition) is 0. The number of halogens is 3. The van der Waals surface area contributed by atoms with E-state index in [1.54, 1.807) is 0 Å². The van der Waals surface area contributed by atoms with Gasteiger partial charge >= 0.3 is 6.18 Å². The lowest BCUT2D eigenvalue weighted by Gasteiger charge is -2.27. The van der Waals surface area contributed by atoms with Gasteiger partial charge in [0.05, 0.1) is 5.92 Å². The first kappa shape index (κ1) is 15.1. The maximum Gasteiger partial charge on any atom is 0.392 e. The Hall–Kier alpha value is -1.77. The Morgan fingerprint density at radius 2 is 1.41 bits per heavy atom. The van der Waals surface area contributed by atoms with Crippen molar-refractivity contribution < 1.29 is 13.2 Å². The molecular formula is C19H19F3. The molecule has 1 aliphatic rings. The van der Waals surface area contributed by atoms with Crippen LogP contribution in [0.1, 0.15) is 43.2 Å². The van der Waals surface area contributed by atoms with Crippen LogP contribution in [0.4, 0.5) is 13.2 Å². The molecule has 0 nitrogen and oxygen atoms in total. The van der Waals surface area contributed by atoms with Gasteiger partial charge in [0.1, 0.15) is 0 Å². The molecule has 22 heavy (non-hydrogen) atoms. The molecule has 0 heterocycles. The second kappa shape index (κ2) is 5.79. The molecule has 0 spiro atoms. The molecule has 0 bridgehead atoms. The van der Waals surface area contributed by atoms with Gasteiger partial charge in [0.25, 0.3) is 0 Å². The quantitative estimate of drug-likeness (QED) is 0.634. The van der Waals surface area contributed by atoms with Crippen molar-refractivity contribution in [2.45, 2.75) is 38.3 Å². The fraction of sp³-hybridized carbons (Fsp3) is 0.368. The number of rotatable bonds is 4. The number of unbranched alkanes of at least 4 members (excludes halogenated alkanes) is 1. The van der Waals surface area contributed by atoms with Crippen molar-refractivity contribution >= 4 is 0 Å². The van der Waals surface area contributed by atoms with E-state index in [1.807, 2.05) is 55.5 Å². The number of benzene rings is 2. The molecule has 0 N–H and O–H groups in total. The Morgan fingerprint density at radius 3 is 1.86 bits per heavy atom. The van der Waals surface area contributed by atoms with E-state index >= 15 is 0 Å². The van der Waals surface area contributed by atoms with Crippen molar-refractivity contribution in [3.63, 3.8) is 0 Å². The van der Waals surface area contributed by atoms with Crippen LogP contribution in [-0.2, 0) is 0 Å². The van der Waals surface area contributed by atoms with E-state index < -0.39 is 18.0 Å². The van der Waals surface area contributed by atoms with Crippen LogP contribution < -0.4 is 0 Å². The Morgan fingerprint density at radius 1 is 0.909 bits per heavy atom. The van der Waals surface area contributed by atoms with E-state index in [-0.39, 0.29) is 6.42 Å². The van der Waals surface area contributed by atoms with Gasteiger partial charge in [0, 0.05) is 5.92 Å². The first-order valence-corrected chi connectivity index (χ1v) is 7.79. The summed E-state index contributed by atoms with van der Waals surface area (Å²) in [5, 5.41) is 0. The van der Waals surface area contributed by atoms with E-state index in [4.69, 9.17) is 0 Å². The van der Waals surface area contributed by atoms with Gasteiger partial charge in [-0.3, -0.25) is 0 Å². The van der Waals surface area contributed by atoms with Crippen LogP contribution in [0, 0.1) is 5.92 Å². The molecule has 0 saturated carbocycles. The van der Waals surface area contributed by atoms with E-state index in [1.165, 1.54) is 0 Å². The lowest BCUT2D eigenvalue weighted by atomic mass is 9.81. The zero-order valence-corrected chi connectivity index (χ0v) is 12.5. The molecule has 2 aromatic carbocycles.